The van der Waals surface area contributed by atoms with Crippen molar-refractivity contribution < 1.29 is 14.6 Å². The number of carbonyl (C=O) groups is 1. The quantitative estimate of drug-likeness (QED) is 0.812. The highest BCUT2D eigenvalue weighted by atomic mass is 16.5. The maximum atomic E-state index is 12.0. The third-order valence-electron chi connectivity index (χ3n) is 3.59. The van der Waals surface area contributed by atoms with Crippen LogP contribution in [0.1, 0.15) is 25.0 Å². The van der Waals surface area contributed by atoms with Gasteiger partial charge in [-0.25, -0.2) is 4.79 Å². The van der Waals surface area contributed by atoms with E-state index in [1.165, 1.54) is 4.90 Å². The van der Waals surface area contributed by atoms with Crippen LogP contribution in [0.4, 0.5) is 4.79 Å². The van der Waals surface area contributed by atoms with Gasteiger partial charge in [-0.2, -0.15) is 0 Å². The van der Waals surface area contributed by atoms with Crippen LogP contribution in [0, 0.1) is 0 Å². The molecule has 0 aromatic heterocycles. The molecule has 25 heavy (non-hydrogen) atoms. The Morgan fingerprint density at radius 2 is 1.72 bits per heavy atom. The van der Waals surface area contributed by atoms with E-state index in [-0.39, 0.29) is 12.6 Å². The number of benzene rings is 2. The van der Waals surface area contributed by atoms with E-state index < -0.39 is 5.60 Å². The van der Waals surface area contributed by atoms with Crippen LogP contribution in [-0.2, 0) is 13.2 Å². The molecular formula is C20H26N2O3. The zero-order valence-electron chi connectivity index (χ0n) is 15.0. The molecule has 2 rings (SSSR count). The predicted molar refractivity (Wildman–Crippen MR) is 98.4 cm³/mol. The van der Waals surface area contributed by atoms with Gasteiger partial charge in [0.05, 0.1) is 12.1 Å². The van der Waals surface area contributed by atoms with E-state index in [4.69, 9.17) is 4.74 Å². The fraction of sp³-hybridized carbons (Fsp3) is 0.350. The lowest BCUT2D eigenvalue weighted by atomic mass is 10.1. The summed E-state index contributed by atoms with van der Waals surface area (Å²) in [5.41, 5.74) is 1.19. The van der Waals surface area contributed by atoms with Crippen LogP contribution in [0.25, 0.3) is 0 Å². The van der Waals surface area contributed by atoms with Crippen molar-refractivity contribution in [1.82, 2.24) is 10.2 Å². The summed E-state index contributed by atoms with van der Waals surface area (Å²) in [4.78, 5) is 13.5. The number of likely N-dealkylation sites (N-methyl/N-ethyl adjacent to an activating group) is 1. The number of nitrogens with zero attached hydrogens (tertiary/aromatic N) is 1. The Bertz CT molecular complexity index is 664. The highest BCUT2D eigenvalue weighted by molar-refractivity contribution is 5.73. The molecule has 134 valence electrons. The molecular weight excluding hydrogens is 316 g/mol. The number of aliphatic hydroxyl groups is 1. The highest BCUT2D eigenvalue weighted by Crippen LogP contribution is 2.14. The van der Waals surface area contributed by atoms with Gasteiger partial charge in [-0.1, -0.05) is 42.5 Å². The van der Waals surface area contributed by atoms with Crippen molar-refractivity contribution >= 4 is 6.03 Å². The first kappa shape index (κ1) is 18.8. The standard InChI is InChI=1S/C20H26N2O3/c1-20(2,24)15-22(3)19(23)21-13-16-9-11-18(12-10-16)25-14-17-7-5-4-6-8-17/h4-12,24H,13-15H2,1-3H3,(H,21,23). The molecule has 0 spiro atoms. The molecule has 0 heterocycles. The lowest BCUT2D eigenvalue weighted by Crippen LogP contribution is -2.44. The second-order valence-corrected chi connectivity index (χ2v) is 6.75. The van der Waals surface area contributed by atoms with Crippen molar-refractivity contribution in [3.8, 4) is 5.75 Å². The van der Waals surface area contributed by atoms with Crippen LogP contribution in [0.15, 0.2) is 54.6 Å². The van der Waals surface area contributed by atoms with Gasteiger partial charge in [0, 0.05) is 13.6 Å². The molecule has 2 amide bonds. The predicted octanol–water partition coefficient (Wildman–Crippen LogP) is 3.18. The Morgan fingerprint density at radius 3 is 2.32 bits per heavy atom. The first-order valence-corrected chi connectivity index (χ1v) is 8.30. The Kier molecular flexibility index (Phi) is 6.42. The summed E-state index contributed by atoms with van der Waals surface area (Å²) in [6, 6.07) is 17.4. The van der Waals surface area contributed by atoms with Gasteiger partial charge in [-0.3, -0.25) is 0 Å². The second-order valence-electron chi connectivity index (χ2n) is 6.75. The van der Waals surface area contributed by atoms with Crippen LogP contribution in [0.5, 0.6) is 5.75 Å². The molecule has 0 aliphatic heterocycles. The molecule has 2 aromatic rings. The largest absolute Gasteiger partial charge is 0.489 e. The zero-order chi connectivity index (χ0) is 18.3. The van der Waals surface area contributed by atoms with Gasteiger partial charge in [0.25, 0.3) is 0 Å². The molecule has 0 fully saturated rings. The third-order valence-corrected chi connectivity index (χ3v) is 3.59. The number of carbonyl (C=O) groups excluding carboxylic acids is 1. The maximum Gasteiger partial charge on any atom is 0.317 e. The van der Waals surface area contributed by atoms with E-state index in [0.29, 0.717) is 13.2 Å². The van der Waals surface area contributed by atoms with Crippen molar-refractivity contribution in [2.75, 3.05) is 13.6 Å². The number of rotatable bonds is 7. The first-order chi connectivity index (χ1) is 11.8. The summed E-state index contributed by atoms with van der Waals surface area (Å²) in [5, 5.41) is 12.6. The van der Waals surface area contributed by atoms with Gasteiger partial charge in [0.1, 0.15) is 12.4 Å². The number of urea groups is 1. The molecule has 0 aliphatic rings. The third kappa shape index (κ3) is 6.85. The van der Waals surface area contributed by atoms with Gasteiger partial charge in [0.15, 0.2) is 0 Å². The number of ether oxygens (including phenoxy) is 1. The minimum Gasteiger partial charge on any atom is -0.489 e. The van der Waals surface area contributed by atoms with Gasteiger partial charge >= 0.3 is 6.03 Å². The Balaban J connectivity index is 1.79. The SMILES string of the molecule is CN(CC(C)(C)O)C(=O)NCc1ccc(OCc2ccccc2)cc1. The Labute approximate surface area is 149 Å². The van der Waals surface area contributed by atoms with Crippen LogP contribution >= 0.6 is 0 Å². The van der Waals surface area contributed by atoms with Crippen LogP contribution < -0.4 is 10.1 Å². The average Bonchev–Trinajstić information content (AvgIpc) is 2.58. The van der Waals surface area contributed by atoms with Crippen molar-refractivity contribution in [1.29, 1.82) is 0 Å². The first-order valence-electron chi connectivity index (χ1n) is 8.30. The second kappa shape index (κ2) is 8.53. The van der Waals surface area contributed by atoms with Crippen LogP contribution in [0.3, 0.4) is 0 Å². The summed E-state index contributed by atoms with van der Waals surface area (Å²) in [5.74, 6) is 0.790. The smallest absolute Gasteiger partial charge is 0.317 e. The molecule has 5 nitrogen and oxygen atoms in total. The molecule has 2 aromatic carbocycles. The van der Waals surface area contributed by atoms with Gasteiger partial charge < -0.3 is 20.1 Å². The molecule has 0 saturated heterocycles. The van der Waals surface area contributed by atoms with Gasteiger partial charge in [0.2, 0.25) is 0 Å². The summed E-state index contributed by atoms with van der Waals surface area (Å²) in [7, 11) is 1.66. The van der Waals surface area contributed by atoms with E-state index in [1.54, 1.807) is 20.9 Å². The lowest BCUT2D eigenvalue weighted by molar-refractivity contribution is 0.0531. The van der Waals surface area contributed by atoms with Crippen molar-refractivity contribution in [2.24, 2.45) is 0 Å². The van der Waals surface area contributed by atoms with E-state index in [2.05, 4.69) is 5.32 Å². The van der Waals surface area contributed by atoms with Crippen LogP contribution in [-0.4, -0.2) is 35.2 Å². The molecule has 0 unspecified atom stereocenters. The fourth-order valence-corrected chi connectivity index (χ4v) is 2.41. The molecule has 2 N–H and O–H groups in total. The number of nitrogens with one attached hydrogen (secondary N) is 1. The normalized spacial score (nSPS) is 11.0. The fourth-order valence-electron chi connectivity index (χ4n) is 2.41. The summed E-state index contributed by atoms with van der Waals surface area (Å²) >= 11 is 0. The minimum atomic E-state index is -0.913. The van der Waals surface area contributed by atoms with Gasteiger partial charge in [-0.05, 0) is 37.1 Å². The van der Waals surface area contributed by atoms with E-state index in [1.807, 2.05) is 54.6 Å². The average molecular weight is 342 g/mol. The van der Waals surface area contributed by atoms with E-state index >= 15 is 0 Å². The van der Waals surface area contributed by atoms with Crippen molar-refractivity contribution in [3.63, 3.8) is 0 Å². The number of hydrogen-bond acceptors (Lipinski definition) is 3. The minimum absolute atomic E-state index is 0.216. The molecule has 0 aliphatic carbocycles. The van der Waals surface area contributed by atoms with E-state index in [9.17, 15) is 9.90 Å². The monoisotopic (exact) mass is 342 g/mol. The lowest BCUT2D eigenvalue weighted by Gasteiger charge is -2.25. The molecule has 5 heteroatoms. The number of amides is 2. The molecule has 0 radical (unpaired) electrons. The Hall–Kier alpha value is -2.53. The molecule has 0 atom stereocenters. The maximum absolute atomic E-state index is 12.0. The summed E-state index contributed by atoms with van der Waals surface area (Å²) in [6.07, 6.45) is 0. The highest BCUT2D eigenvalue weighted by Gasteiger charge is 2.18. The zero-order valence-corrected chi connectivity index (χ0v) is 15.0. The molecule has 0 saturated carbocycles. The van der Waals surface area contributed by atoms with Gasteiger partial charge in [-0.15, -0.1) is 0 Å². The summed E-state index contributed by atoms with van der Waals surface area (Å²) in [6.45, 7) is 4.56. The Morgan fingerprint density at radius 1 is 1.08 bits per heavy atom. The number of hydrogen-bond donors (Lipinski definition) is 2. The topological polar surface area (TPSA) is 61.8 Å². The van der Waals surface area contributed by atoms with Crippen molar-refractivity contribution in [2.45, 2.75) is 32.6 Å². The van der Waals surface area contributed by atoms with E-state index in [0.717, 1.165) is 16.9 Å². The molecule has 0 bridgehead atoms. The van der Waals surface area contributed by atoms with Crippen LogP contribution in [0.2, 0.25) is 0 Å². The van der Waals surface area contributed by atoms with Crippen molar-refractivity contribution in [3.05, 3.63) is 65.7 Å². The summed E-state index contributed by atoms with van der Waals surface area (Å²) < 4.78 is 5.74.